The zero-order valence-corrected chi connectivity index (χ0v) is 10.8. The number of hydrogen-bond acceptors (Lipinski definition) is 3. The summed E-state index contributed by atoms with van der Waals surface area (Å²) < 4.78 is 27.8. The third-order valence-electron chi connectivity index (χ3n) is 3.65. The summed E-state index contributed by atoms with van der Waals surface area (Å²) in [5, 5.41) is 8.83. The van der Waals surface area contributed by atoms with Gasteiger partial charge in [0.2, 0.25) is 0 Å². The first-order valence-electron chi connectivity index (χ1n) is 6.30. The maximum Gasteiger partial charge on any atom is 0.283 e. The molecule has 0 unspecified atom stereocenters. The van der Waals surface area contributed by atoms with Crippen molar-refractivity contribution in [1.82, 2.24) is 8.61 Å². The molecule has 1 aliphatic carbocycles. The van der Waals surface area contributed by atoms with Gasteiger partial charge in [-0.1, -0.05) is 12.8 Å². The molecule has 1 saturated carbocycles. The fourth-order valence-corrected chi connectivity index (χ4v) is 4.55. The molecular formula is C11H19N3O2S. The highest BCUT2D eigenvalue weighted by Gasteiger charge is 2.37. The van der Waals surface area contributed by atoms with Crippen LogP contribution in [0.3, 0.4) is 0 Å². The van der Waals surface area contributed by atoms with Crippen molar-refractivity contribution in [3.05, 3.63) is 0 Å². The number of nitriles is 1. The molecule has 0 amide bonds. The van der Waals surface area contributed by atoms with E-state index in [-0.39, 0.29) is 12.6 Å². The molecule has 2 aliphatic rings. The van der Waals surface area contributed by atoms with E-state index >= 15 is 0 Å². The summed E-state index contributed by atoms with van der Waals surface area (Å²) in [7, 11) is -3.40. The molecule has 5 nitrogen and oxygen atoms in total. The highest BCUT2D eigenvalue weighted by molar-refractivity contribution is 7.86. The van der Waals surface area contributed by atoms with Crippen molar-refractivity contribution in [2.24, 2.45) is 0 Å². The molecule has 6 heteroatoms. The SMILES string of the molecule is N#CCN(C1CCCC1)S(=O)(=O)N1CCCC1. The lowest BCUT2D eigenvalue weighted by atomic mass is 10.2. The predicted octanol–water partition coefficient (Wildman–Crippen LogP) is 1.10. The molecule has 0 N–H and O–H groups in total. The summed E-state index contributed by atoms with van der Waals surface area (Å²) in [6.45, 7) is 1.21. The molecule has 1 saturated heterocycles. The number of rotatable bonds is 4. The second kappa shape index (κ2) is 5.34. The molecule has 0 aromatic rings. The van der Waals surface area contributed by atoms with Crippen molar-refractivity contribution in [1.29, 1.82) is 5.26 Å². The van der Waals surface area contributed by atoms with Crippen molar-refractivity contribution >= 4 is 10.2 Å². The minimum atomic E-state index is -3.40. The first-order chi connectivity index (χ1) is 8.16. The highest BCUT2D eigenvalue weighted by Crippen LogP contribution is 2.27. The zero-order chi connectivity index (χ0) is 12.3. The first kappa shape index (κ1) is 12.8. The average Bonchev–Trinajstić information content (AvgIpc) is 2.97. The lowest BCUT2D eigenvalue weighted by Gasteiger charge is -2.29. The molecule has 0 bridgehead atoms. The summed E-state index contributed by atoms with van der Waals surface area (Å²) in [4.78, 5) is 0. The van der Waals surface area contributed by atoms with E-state index in [9.17, 15) is 8.42 Å². The fraction of sp³-hybridized carbons (Fsp3) is 0.909. The smallest absolute Gasteiger partial charge is 0.197 e. The molecule has 0 aromatic heterocycles. The molecule has 0 spiro atoms. The van der Waals surface area contributed by atoms with Gasteiger partial charge in [0.15, 0.2) is 0 Å². The van der Waals surface area contributed by atoms with Crippen LogP contribution in [0.5, 0.6) is 0 Å². The number of nitrogens with zero attached hydrogens (tertiary/aromatic N) is 3. The monoisotopic (exact) mass is 257 g/mol. The Morgan fingerprint density at radius 1 is 1.18 bits per heavy atom. The Balaban J connectivity index is 2.16. The minimum absolute atomic E-state index is 0.0104. The van der Waals surface area contributed by atoms with E-state index in [4.69, 9.17) is 5.26 Å². The Bertz CT molecular complexity index is 389. The van der Waals surface area contributed by atoms with Crippen LogP contribution in [0.2, 0.25) is 0 Å². The van der Waals surface area contributed by atoms with Crippen LogP contribution in [-0.2, 0) is 10.2 Å². The van der Waals surface area contributed by atoms with Crippen LogP contribution in [0, 0.1) is 11.3 Å². The molecule has 1 heterocycles. The summed E-state index contributed by atoms with van der Waals surface area (Å²) in [6, 6.07) is 2.04. The van der Waals surface area contributed by atoms with E-state index in [1.54, 1.807) is 0 Å². The highest BCUT2D eigenvalue weighted by atomic mass is 32.2. The summed E-state index contributed by atoms with van der Waals surface area (Å²) in [5.41, 5.74) is 0. The zero-order valence-electron chi connectivity index (χ0n) is 10.0. The first-order valence-corrected chi connectivity index (χ1v) is 7.70. The van der Waals surface area contributed by atoms with Crippen LogP contribution in [0.15, 0.2) is 0 Å². The Hall–Kier alpha value is -0.640. The molecule has 2 fully saturated rings. The third-order valence-corrected chi connectivity index (χ3v) is 5.68. The Morgan fingerprint density at radius 2 is 1.76 bits per heavy atom. The van der Waals surface area contributed by atoms with Gasteiger partial charge in [0.25, 0.3) is 10.2 Å². The van der Waals surface area contributed by atoms with Crippen molar-refractivity contribution in [3.63, 3.8) is 0 Å². The third kappa shape index (κ3) is 2.62. The second-order valence-corrected chi connectivity index (χ2v) is 6.64. The van der Waals surface area contributed by atoms with Crippen molar-refractivity contribution in [3.8, 4) is 6.07 Å². The van der Waals surface area contributed by atoms with Gasteiger partial charge in [-0.25, -0.2) is 0 Å². The van der Waals surface area contributed by atoms with Crippen molar-refractivity contribution in [2.45, 2.75) is 44.6 Å². The van der Waals surface area contributed by atoms with Gasteiger partial charge in [0, 0.05) is 19.1 Å². The molecule has 0 radical (unpaired) electrons. The summed E-state index contributed by atoms with van der Waals surface area (Å²) in [6.07, 6.45) is 5.81. The van der Waals surface area contributed by atoms with Crippen LogP contribution in [0.4, 0.5) is 0 Å². The van der Waals surface area contributed by atoms with Crippen LogP contribution in [0.1, 0.15) is 38.5 Å². The van der Waals surface area contributed by atoms with E-state index in [1.807, 2.05) is 6.07 Å². The molecule has 96 valence electrons. The largest absolute Gasteiger partial charge is 0.283 e. The van der Waals surface area contributed by atoms with Gasteiger partial charge in [-0.15, -0.1) is 0 Å². The normalized spacial score (nSPS) is 23.3. The fourth-order valence-electron chi connectivity index (χ4n) is 2.73. The van der Waals surface area contributed by atoms with Crippen LogP contribution < -0.4 is 0 Å². The van der Waals surface area contributed by atoms with E-state index in [0.717, 1.165) is 38.5 Å². The maximum atomic E-state index is 12.4. The van der Waals surface area contributed by atoms with Gasteiger partial charge < -0.3 is 0 Å². The molecule has 0 atom stereocenters. The molecule has 1 aliphatic heterocycles. The Kier molecular flexibility index (Phi) is 4.02. The van der Waals surface area contributed by atoms with Gasteiger partial charge in [-0.3, -0.25) is 0 Å². The standard InChI is InChI=1S/C11H19N3O2S/c12-7-10-14(11-5-1-2-6-11)17(15,16)13-8-3-4-9-13/h11H,1-6,8-10H2. The van der Waals surface area contributed by atoms with Gasteiger partial charge in [-0.05, 0) is 25.7 Å². The lowest BCUT2D eigenvalue weighted by Crippen LogP contribution is -2.47. The van der Waals surface area contributed by atoms with Gasteiger partial charge in [-0.2, -0.15) is 22.3 Å². The van der Waals surface area contributed by atoms with Gasteiger partial charge in [0.1, 0.15) is 6.54 Å². The van der Waals surface area contributed by atoms with Crippen LogP contribution >= 0.6 is 0 Å². The minimum Gasteiger partial charge on any atom is -0.197 e. The van der Waals surface area contributed by atoms with E-state index in [0.29, 0.717) is 13.1 Å². The van der Waals surface area contributed by atoms with Crippen molar-refractivity contribution < 1.29 is 8.42 Å². The van der Waals surface area contributed by atoms with Crippen molar-refractivity contribution in [2.75, 3.05) is 19.6 Å². The van der Waals surface area contributed by atoms with E-state index < -0.39 is 10.2 Å². The summed E-state index contributed by atoms with van der Waals surface area (Å²) >= 11 is 0. The van der Waals surface area contributed by atoms with E-state index in [1.165, 1.54) is 8.61 Å². The Morgan fingerprint density at radius 3 is 2.29 bits per heavy atom. The quantitative estimate of drug-likeness (QED) is 0.708. The van der Waals surface area contributed by atoms with Gasteiger partial charge >= 0.3 is 0 Å². The average molecular weight is 257 g/mol. The molecular weight excluding hydrogens is 238 g/mol. The Labute approximate surface area is 103 Å². The van der Waals surface area contributed by atoms with Crippen LogP contribution in [-0.4, -0.2) is 42.7 Å². The van der Waals surface area contributed by atoms with Gasteiger partial charge in [0.05, 0.1) is 6.07 Å². The second-order valence-electron chi connectivity index (χ2n) is 4.76. The lowest BCUT2D eigenvalue weighted by molar-refractivity contribution is 0.316. The number of hydrogen-bond donors (Lipinski definition) is 0. The van der Waals surface area contributed by atoms with E-state index in [2.05, 4.69) is 0 Å². The summed E-state index contributed by atoms with van der Waals surface area (Å²) in [5.74, 6) is 0. The maximum absolute atomic E-state index is 12.4. The van der Waals surface area contributed by atoms with Crippen LogP contribution in [0.25, 0.3) is 0 Å². The topological polar surface area (TPSA) is 64.4 Å². The molecule has 2 rings (SSSR count). The molecule has 0 aromatic carbocycles. The molecule has 17 heavy (non-hydrogen) atoms. The predicted molar refractivity (Wildman–Crippen MR) is 64.3 cm³/mol.